The standard InChI is InChI=1S/C21H24BrN3O4S/c1-14-5-8-18(23-15(2)26)12-20(14)24-21(27)16-4-3-11-25(13-16)30(28,29)19-9-6-17(22)7-10-19/h5-10,12,16H,3-4,11,13H2,1-2H3,(H,23,26)(H,24,27). The Morgan fingerprint density at radius 3 is 2.47 bits per heavy atom. The van der Waals surface area contributed by atoms with Crippen LogP contribution < -0.4 is 10.6 Å². The molecule has 0 saturated carbocycles. The van der Waals surface area contributed by atoms with Gasteiger partial charge in [0.2, 0.25) is 21.8 Å². The Balaban J connectivity index is 1.73. The second-order valence-corrected chi connectivity index (χ2v) is 10.2. The van der Waals surface area contributed by atoms with E-state index in [0.29, 0.717) is 30.8 Å². The zero-order valence-corrected chi connectivity index (χ0v) is 19.2. The lowest BCUT2D eigenvalue weighted by molar-refractivity contribution is -0.121. The maximum absolute atomic E-state index is 13.0. The molecule has 30 heavy (non-hydrogen) atoms. The number of piperidine rings is 1. The summed E-state index contributed by atoms with van der Waals surface area (Å²) in [6.07, 6.45) is 1.22. The number of anilines is 2. The van der Waals surface area contributed by atoms with Crippen LogP contribution in [0.1, 0.15) is 25.3 Å². The van der Waals surface area contributed by atoms with Crippen molar-refractivity contribution in [3.63, 3.8) is 0 Å². The highest BCUT2D eigenvalue weighted by molar-refractivity contribution is 9.10. The fourth-order valence-corrected chi connectivity index (χ4v) is 5.19. The summed E-state index contributed by atoms with van der Waals surface area (Å²) >= 11 is 3.31. The topological polar surface area (TPSA) is 95.6 Å². The molecule has 1 aliphatic rings. The first kappa shape index (κ1) is 22.5. The molecule has 2 aromatic carbocycles. The lowest BCUT2D eigenvalue weighted by Gasteiger charge is -2.31. The van der Waals surface area contributed by atoms with Crippen molar-refractivity contribution in [2.45, 2.75) is 31.6 Å². The number of nitrogens with one attached hydrogen (secondary N) is 2. The first-order valence-corrected chi connectivity index (χ1v) is 11.8. The summed E-state index contributed by atoms with van der Waals surface area (Å²) in [6, 6.07) is 11.8. The molecule has 1 aliphatic heterocycles. The van der Waals surface area contributed by atoms with Gasteiger partial charge in [0.15, 0.2) is 0 Å². The van der Waals surface area contributed by atoms with E-state index in [9.17, 15) is 18.0 Å². The van der Waals surface area contributed by atoms with Gasteiger partial charge in [0.05, 0.1) is 10.8 Å². The molecule has 160 valence electrons. The molecule has 1 heterocycles. The largest absolute Gasteiger partial charge is 0.326 e. The number of rotatable bonds is 5. The number of halogens is 1. The third kappa shape index (κ3) is 5.27. The molecular formula is C21H24BrN3O4S. The first-order valence-electron chi connectivity index (χ1n) is 9.61. The van der Waals surface area contributed by atoms with Crippen LogP contribution in [0.3, 0.4) is 0 Å². The average molecular weight is 494 g/mol. The van der Waals surface area contributed by atoms with Crippen molar-refractivity contribution in [1.82, 2.24) is 4.31 Å². The van der Waals surface area contributed by atoms with Gasteiger partial charge in [0.1, 0.15) is 0 Å². The Morgan fingerprint density at radius 2 is 1.80 bits per heavy atom. The van der Waals surface area contributed by atoms with E-state index in [1.165, 1.54) is 11.2 Å². The number of carbonyl (C=O) groups excluding carboxylic acids is 2. The molecule has 0 aliphatic carbocycles. The Morgan fingerprint density at radius 1 is 1.10 bits per heavy atom. The van der Waals surface area contributed by atoms with Gasteiger partial charge in [0.25, 0.3) is 0 Å². The molecule has 0 spiro atoms. The summed E-state index contributed by atoms with van der Waals surface area (Å²) in [4.78, 5) is 24.4. The van der Waals surface area contributed by atoms with Crippen molar-refractivity contribution in [3.05, 3.63) is 52.5 Å². The van der Waals surface area contributed by atoms with Gasteiger partial charge in [0, 0.05) is 35.9 Å². The minimum atomic E-state index is -3.66. The van der Waals surface area contributed by atoms with Crippen LogP contribution in [0.2, 0.25) is 0 Å². The van der Waals surface area contributed by atoms with Crippen molar-refractivity contribution in [2.75, 3.05) is 23.7 Å². The van der Waals surface area contributed by atoms with Crippen LogP contribution in [0.5, 0.6) is 0 Å². The van der Waals surface area contributed by atoms with E-state index < -0.39 is 15.9 Å². The number of hydrogen-bond acceptors (Lipinski definition) is 4. The van der Waals surface area contributed by atoms with Crippen molar-refractivity contribution >= 4 is 49.1 Å². The number of amides is 2. The summed E-state index contributed by atoms with van der Waals surface area (Å²) in [6.45, 7) is 3.80. The summed E-state index contributed by atoms with van der Waals surface area (Å²) in [7, 11) is -3.66. The zero-order valence-electron chi connectivity index (χ0n) is 16.8. The molecule has 1 unspecified atom stereocenters. The Kier molecular flexibility index (Phi) is 6.95. The predicted molar refractivity (Wildman–Crippen MR) is 120 cm³/mol. The first-order chi connectivity index (χ1) is 14.2. The molecule has 2 N–H and O–H groups in total. The van der Waals surface area contributed by atoms with Crippen LogP contribution in [0.4, 0.5) is 11.4 Å². The van der Waals surface area contributed by atoms with Gasteiger partial charge >= 0.3 is 0 Å². The highest BCUT2D eigenvalue weighted by Gasteiger charge is 2.33. The van der Waals surface area contributed by atoms with E-state index in [1.807, 2.05) is 13.0 Å². The average Bonchev–Trinajstić information content (AvgIpc) is 2.70. The Hall–Kier alpha value is -2.23. The number of aryl methyl sites for hydroxylation is 1. The van der Waals surface area contributed by atoms with E-state index in [-0.39, 0.29) is 23.3 Å². The van der Waals surface area contributed by atoms with Gasteiger partial charge < -0.3 is 10.6 Å². The number of hydrogen-bond donors (Lipinski definition) is 2. The number of sulfonamides is 1. The fourth-order valence-electron chi connectivity index (χ4n) is 3.40. The quantitative estimate of drug-likeness (QED) is 0.662. The van der Waals surface area contributed by atoms with E-state index in [2.05, 4.69) is 26.6 Å². The Bertz CT molecular complexity index is 1050. The van der Waals surface area contributed by atoms with Gasteiger partial charge in [-0.1, -0.05) is 22.0 Å². The molecule has 9 heteroatoms. The van der Waals surface area contributed by atoms with Crippen molar-refractivity contribution in [1.29, 1.82) is 0 Å². The lowest BCUT2D eigenvalue weighted by atomic mass is 9.98. The maximum atomic E-state index is 13.0. The highest BCUT2D eigenvalue weighted by Crippen LogP contribution is 2.27. The summed E-state index contributed by atoms with van der Waals surface area (Å²) in [5.41, 5.74) is 2.04. The predicted octanol–water partition coefficient (Wildman–Crippen LogP) is 3.76. The second kappa shape index (κ2) is 9.28. The monoisotopic (exact) mass is 493 g/mol. The van der Waals surface area contributed by atoms with Gasteiger partial charge in [-0.2, -0.15) is 4.31 Å². The molecule has 0 bridgehead atoms. The van der Waals surface area contributed by atoms with Crippen LogP contribution in [-0.2, 0) is 19.6 Å². The number of carbonyl (C=O) groups is 2. The van der Waals surface area contributed by atoms with E-state index >= 15 is 0 Å². The number of benzene rings is 2. The molecule has 2 aromatic rings. The minimum Gasteiger partial charge on any atom is -0.326 e. The van der Waals surface area contributed by atoms with Gasteiger partial charge in [-0.15, -0.1) is 0 Å². The van der Waals surface area contributed by atoms with E-state index in [0.717, 1.165) is 10.0 Å². The van der Waals surface area contributed by atoms with Gasteiger partial charge in [-0.25, -0.2) is 8.42 Å². The summed E-state index contributed by atoms with van der Waals surface area (Å²) < 4.78 is 28.1. The second-order valence-electron chi connectivity index (χ2n) is 7.36. The molecule has 2 amide bonds. The molecule has 1 atom stereocenters. The lowest BCUT2D eigenvalue weighted by Crippen LogP contribution is -2.43. The third-order valence-corrected chi connectivity index (χ3v) is 7.43. The summed E-state index contributed by atoms with van der Waals surface area (Å²) in [5, 5.41) is 5.59. The third-order valence-electron chi connectivity index (χ3n) is 5.02. The molecular weight excluding hydrogens is 470 g/mol. The molecule has 0 aromatic heterocycles. The van der Waals surface area contributed by atoms with Crippen LogP contribution in [0.15, 0.2) is 51.8 Å². The zero-order chi connectivity index (χ0) is 21.9. The van der Waals surface area contributed by atoms with Crippen molar-refractivity contribution in [3.8, 4) is 0 Å². The molecule has 0 radical (unpaired) electrons. The van der Waals surface area contributed by atoms with Gasteiger partial charge in [-0.05, 0) is 61.7 Å². The normalized spacial score (nSPS) is 17.4. The van der Waals surface area contributed by atoms with Crippen LogP contribution in [0, 0.1) is 12.8 Å². The molecule has 1 saturated heterocycles. The molecule has 3 rings (SSSR count). The minimum absolute atomic E-state index is 0.134. The van der Waals surface area contributed by atoms with Gasteiger partial charge in [-0.3, -0.25) is 9.59 Å². The molecule has 7 nitrogen and oxygen atoms in total. The Labute approximate surface area is 185 Å². The van der Waals surface area contributed by atoms with Crippen LogP contribution in [0.25, 0.3) is 0 Å². The van der Waals surface area contributed by atoms with E-state index in [4.69, 9.17) is 0 Å². The maximum Gasteiger partial charge on any atom is 0.243 e. The van der Waals surface area contributed by atoms with Crippen LogP contribution >= 0.6 is 15.9 Å². The van der Waals surface area contributed by atoms with Crippen molar-refractivity contribution in [2.24, 2.45) is 5.92 Å². The van der Waals surface area contributed by atoms with E-state index in [1.54, 1.807) is 36.4 Å². The van der Waals surface area contributed by atoms with Crippen molar-refractivity contribution < 1.29 is 18.0 Å². The summed E-state index contributed by atoms with van der Waals surface area (Å²) in [5.74, 6) is -0.876. The number of nitrogens with zero attached hydrogens (tertiary/aromatic N) is 1. The highest BCUT2D eigenvalue weighted by atomic mass is 79.9. The van der Waals surface area contributed by atoms with Crippen LogP contribution in [-0.4, -0.2) is 37.6 Å². The fraction of sp³-hybridized carbons (Fsp3) is 0.333. The SMILES string of the molecule is CC(=O)Nc1ccc(C)c(NC(=O)C2CCCN(S(=O)(=O)c3ccc(Br)cc3)C2)c1. The molecule has 1 fully saturated rings. The smallest absolute Gasteiger partial charge is 0.243 e.